The van der Waals surface area contributed by atoms with Crippen molar-refractivity contribution in [1.29, 1.82) is 5.26 Å². The summed E-state index contributed by atoms with van der Waals surface area (Å²) in [5.41, 5.74) is 0. The van der Waals surface area contributed by atoms with Gasteiger partial charge in [0.25, 0.3) is 0 Å². The molecule has 1 atom stereocenters. The Kier molecular flexibility index (Phi) is 3.16. The second-order valence-electron chi connectivity index (χ2n) is 2.60. The smallest absolute Gasteiger partial charge is 0.119 e. The van der Waals surface area contributed by atoms with E-state index in [9.17, 15) is 0 Å². The molecule has 62 valence electrons. The van der Waals surface area contributed by atoms with E-state index in [2.05, 4.69) is 6.07 Å². The van der Waals surface area contributed by atoms with Crippen molar-refractivity contribution in [3.05, 3.63) is 30.3 Å². The number of benzene rings is 1. The van der Waals surface area contributed by atoms with Gasteiger partial charge in [-0.25, -0.2) is 0 Å². The highest BCUT2D eigenvalue weighted by atomic mass is 16.5. The average molecular weight is 161 g/mol. The molecule has 0 heterocycles. The van der Waals surface area contributed by atoms with Crippen molar-refractivity contribution in [3.63, 3.8) is 0 Å². The highest BCUT2D eigenvalue weighted by molar-refractivity contribution is 5.21. The fraction of sp³-hybridized carbons (Fsp3) is 0.300. The van der Waals surface area contributed by atoms with Gasteiger partial charge in [-0.1, -0.05) is 18.2 Å². The summed E-state index contributed by atoms with van der Waals surface area (Å²) >= 11 is 0. The molecule has 0 saturated heterocycles. The third-order valence-electron chi connectivity index (χ3n) is 1.46. The van der Waals surface area contributed by atoms with Gasteiger partial charge in [-0.15, -0.1) is 0 Å². The SMILES string of the molecule is CC(CC#N)Oc1ccccc1. The Bertz CT molecular complexity index is 263. The van der Waals surface area contributed by atoms with Crippen LogP contribution in [0, 0.1) is 11.3 Å². The van der Waals surface area contributed by atoms with Gasteiger partial charge in [-0.3, -0.25) is 0 Å². The second kappa shape index (κ2) is 4.40. The molecule has 2 nitrogen and oxygen atoms in total. The summed E-state index contributed by atoms with van der Waals surface area (Å²) in [4.78, 5) is 0. The number of hydrogen-bond acceptors (Lipinski definition) is 2. The fourth-order valence-corrected chi connectivity index (χ4v) is 0.902. The van der Waals surface area contributed by atoms with Crippen LogP contribution < -0.4 is 4.74 Å². The van der Waals surface area contributed by atoms with Gasteiger partial charge in [0, 0.05) is 0 Å². The third kappa shape index (κ3) is 2.63. The maximum absolute atomic E-state index is 8.38. The largest absolute Gasteiger partial charge is 0.490 e. The molecular weight excluding hydrogens is 150 g/mol. The molecule has 0 fully saturated rings. The molecule has 0 spiro atoms. The van der Waals surface area contributed by atoms with Crippen molar-refractivity contribution in [2.75, 3.05) is 0 Å². The number of para-hydroxylation sites is 1. The number of nitriles is 1. The summed E-state index contributed by atoms with van der Waals surface area (Å²) in [5.74, 6) is 0.820. The Balaban J connectivity index is 2.48. The van der Waals surface area contributed by atoms with Gasteiger partial charge in [-0.05, 0) is 19.1 Å². The number of rotatable bonds is 3. The molecule has 0 radical (unpaired) electrons. The van der Waals surface area contributed by atoms with Crippen molar-refractivity contribution in [3.8, 4) is 11.8 Å². The first-order valence-electron chi connectivity index (χ1n) is 3.91. The van der Waals surface area contributed by atoms with Crippen molar-refractivity contribution >= 4 is 0 Å². The molecule has 12 heavy (non-hydrogen) atoms. The molecule has 1 unspecified atom stereocenters. The molecule has 1 aromatic rings. The van der Waals surface area contributed by atoms with E-state index in [-0.39, 0.29) is 6.10 Å². The zero-order valence-corrected chi connectivity index (χ0v) is 7.03. The van der Waals surface area contributed by atoms with Crippen LogP contribution in [0.4, 0.5) is 0 Å². The quantitative estimate of drug-likeness (QED) is 0.681. The Hall–Kier alpha value is -1.49. The maximum atomic E-state index is 8.38. The van der Waals surface area contributed by atoms with Gasteiger partial charge < -0.3 is 4.74 Å². The Morgan fingerprint density at radius 2 is 2.08 bits per heavy atom. The van der Waals surface area contributed by atoms with E-state index in [1.807, 2.05) is 37.3 Å². The fourth-order valence-electron chi connectivity index (χ4n) is 0.902. The third-order valence-corrected chi connectivity index (χ3v) is 1.46. The lowest BCUT2D eigenvalue weighted by molar-refractivity contribution is 0.227. The number of nitrogens with zero attached hydrogens (tertiary/aromatic N) is 1. The van der Waals surface area contributed by atoms with Crippen LogP contribution in [0.3, 0.4) is 0 Å². The van der Waals surface area contributed by atoms with Crippen LogP contribution in [0.2, 0.25) is 0 Å². The van der Waals surface area contributed by atoms with Crippen molar-refractivity contribution < 1.29 is 4.74 Å². The molecule has 0 N–H and O–H groups in total. The van der Waals surface area contributed by atoms with Gasteiger partial charge in [0.05, 0.1) is 12.5 Å². The maximum Gasteiger partial charge on any atom is 0.119 e. The summed E-state index contributed by atoms with van der Waals surface area (Å²) in [7, 11) is 0. The summed E-state index contributed by atoms with van der Waals surface area (Å²) in [6.45, 7) is 1.89. The molecule has 0 saturated carbocycles. The van der Waals surface area contributed by atoms with E-state index in [0.717, 1.165) is 5.75 Å². The van der Waals surface area contributed by atoms with Crippen LogP contribution in [0.1, 0.15) is 13.3 Å². The molecule has 0 bridgehead atoms. The van der Waals surface area contributed by atoms with E-state index >= 15 is 0 Å². The standard InChI is InChI=1S/C10H11NO/c1-9(7-8-11)12-10-5-3-2-4-6-10/h2-6,9H,7H2,1H3. The van der Waals surface area contributed by atoms with E-state index in [0.29, 0.717) is 6.42 Å². The number of hydrogen-bond donors (Lipinski definition) is 0. The van der Waals surface area contributed by atoms with E-state index in [4.69, 9.17) is 10.00 Å². The van der Waals surface area contributed by atoms with Gasteiger partial charge >= 0.3 is 0 Å². The first-order chi connectivity index (χ1) is 5.83. The van der Waals surface area contributed by atoms with Gasteiger partial charge in [0.2, 0.25) is 0 Å². The Morgan fingerprint density at radius 1 is 1.42 bits per heavy atom. The lowest BCUT2D eigenvalue weighted by Crippen LogP contribution is -2.10. The molecule has 1 aromatic carbocycles. The van der Waals surface area contributed by atoms with E-state index in [1.54, 1.807) is 0 Å². The summed E-state index contributed by atoms with van der Waals surface area (Å²) < 4.78 is 5.43. The zero-order chi connectivity index (χ0) is 8.81. The first kappa shape index (κ1) is 8.61. The van der Waals surface area contributed by atoms with Crippen LogP contribution in [0.5, 0.6) is 5.75 Å². The predicted octanol–water partition coefficient (Wildman–Crippen LogP) is 2.37. The number of ether oxygens (including phenoxy) is 1. The second-order valence-corrected chi connectivity index (χ2v) is 2.60. The molecule has 2 heteroatoms. The van der Waals surface area contributed by atoms with Crippen molar-refractivity contribution in [2.24, 2.45) is 0 Å². The minimum absolute atomic E-state index is 0.0302. The zero-order valence-electron chi connectivity index (χ0n) is 7.03. The lowest BCUT2D eigenvalue weighted by atomic mass is 10.3. The summed E-state index contributed by atoms with van der Waals surface area (Å²) in [6.07, 6.45) is 0.395. The van der Waals surface area contributed by atoms with Crippen LogP contribution in [0.15, 0.2) is 30.3 Å². The molecule has 0 aliphatic heterocycles. The highest BCUT2D eigenvalue weighted by Crippen LogP contribution is 2.11. The molecule has 1 rings (SSSR count). The van der Waals surface area contributed by atoms with Crippen LogP contribution in [-0.2, 0) is 0 Å². The Labute approximate surface area is 72.4 Å². The molecule has 0 aliphatic rings. The van der Waals surface area contributed by atoms with Gasteiger partial charge in [0.15, 0.2) is 0 Å². The monoisotopic (exact) mass is 161 g/mol. The molecule has 0 aliphatic carbocycles. The molecule has 0 amide bonds. The summed E-state index contributed by atoms with van der Waals surface area (Å²) in [6, 6.07) is 11.6. The average Bonchev–Trinajstić information content (AvgIpc) is 2.06. The van der Waals surface area contributed by atoms with Crippen LogP contribution in [-0.4, -0.2) is 6.10 Å². The van der Waals surface area contributed by atoms with E-state index < -0.39 is 0 Å². The normalized spacial score (nSPS) is 11.7. The molecule has 0 aromatic heterocycles. The van der Waals surface area contributed by atoms with Gasteiger partial charge in [0.1, 0.15) is 11.9 Å². The lowest BCUT2D eigenvalue weighted by Gasteiger charge is -2.10. The predicted molar refractivity (Wildman–Crippen MR) is 46.8 cm³/mol. The van der Waals surface area contributed by atoms with Gasteiger partial charge in [-0.2, -0.15) is 5.26 Å². The minimum atomic E-state index is -0.0302. The van der Waals surface area contributed by atoms with Crippen LogP contribution >= 0.6 is 0 Å². The van der Waals surface area contributed by atoms with Crippen LogP contribution in [0.25, 0.3) is 0 Å². The Morgan fingerprint density at radius 3 is 2.67 bits per heavy atom. The van der Waals surface area contributed by atoms with Crippen molar-refractivity contribution in [1.82, 2.24) is 0 Å². The highest BCUT2D eigenvalue weighted by Gasteiger charge is 2.00. The van der Waals surface area contributed by atoms with E-state index in [1.165, 1.54) is 0 Å². The van der Waals surface area contributed by atoms with Crippen molar-refractivity contribution in [2.45, 2.75) is 19.4 Å². The molecular formula is C10H11NO. The summed E-state index contributed by atoms with van der Waals surface area (Å²) in [5, 5.41) is 8.38. The minimum Gasteiger partial charge on any atom is -0.490 e. The first-order valence-corrected chi connectivity index (χ1v) is 3.91. The topological polar surface area (TPSA) is 33.0 Å².